The molecule has 3 aromatic rings. The molecule has 2 N–H and O–H groups in total. The summed E-state index contributed by atoms with van der Waals surface area (Å²) in [6.45, 7) is 0. The van der Waals surface area contributed by atoms with Crippen molar-refractivity contribution in [2.45, 2.75) is 95.2 Å². The molecule has 192 valence electrons. The number of aromatic nitrogens is 4. The third kappa shape index (κ3) is 4.90. The van der Waals surface area contributed by atoms with E-state index in [1.807, 2.05) is 28.8 Å². The average molecular weight is 490 g/mol. The summed E-state index contributed by atoms with van der Waals surface area (Å²) in [4.78, 5) is 36.3. The molecule has 4 heterocycles. The summed E-state index contributed by atoms with van der Waals surface area (Å²) >= 11 is 0. The third-order valence-electron chi connectivity index (χ3n) is 8.87. The SMILES string of the molecule is C1CC2CCCC(C1)C2.O=c1cncc(-c2nc3ccccc3n(C3C[C@H]4CCC[C@@H](C3)N4)c2=O)[nH]1.[HH]. The van der Waals surface area contributed by atoms with E-state index in [9.17, 15) is 9.59 Å². The van der Waals surface area contributed by atoms with Gasteiger partial charge in [0.2, 0.25) is 0 Å². The van der Waals surface area contributed by atoms with Crippen LogP contribution in [0.25, 0.3) is 22.4 Å². The van der Waals surface area contributed by atoms with Crippen molar-refractivity contribution in [2.24, 2.45) is 11.8 Å². The fourth-order valence-corrected chi connectivity index (χ4v) is 7.26. The van der Waals surface area contributed by atoms with Crippen molar-refractivity contribution in [1.82, 2.24) is 24.8 Å². The number of piperidine rings is 2. The highest BCUT2D eigenvalue weighted by Crippen LogP contribution is 2.39. The molecule has 0 radical (unpaired) electrons. The molecule has 1 aromatic carbocycles. The molecule has 4 fully saturated rings. The van der Waals surface area contributed by atoms with E-state index in [0.29, 0.717) is 17.8 Å². The van der Waals surface area contributed by atoms with Gasteiger partial charge >= 0.3 is 0 Å². The number of aromatic amines is 1. The zero-order chi connectivity index (χ0) is 24.5. The summed E-state index contributed by atoms with van der Waals surface area (Å²) in [5.41, 5.74) is 1.71. The van der Waals surface area contributed by atoms with Crippen LogP contribution in [0.15, 0.2) is 46.2 Å². The molecular formula is C29H39N5O2. The normalized spacial score (nSPS) is 29.3. The van der Waals surface area contributed by atoms with Gasteiger partial charge in [-0.3, -0.25) is 14.6 Å². The number of nitrogens with zero attached hydrogens (tertiary/aromatic N) is 3. The Morgan fingerprint density at radius 3 is 2.17 bits per heavy atom. The largest absolute Gasteiger partial charge is 0.318 e. The summed E-state index contributed by atoms with van der Waals surface area (Å²) in [6.07, 6.45) is 19.0. The van der Waals surface area contributed by atoms with Gasteiger partial charge in [0, 0.05) is 19.6 Å². The van der Waals surface area contributed by atoms with Gasteiger partial charge in [-0.05, 0) is 56.1 Å². The zero-order valence-electron chi connectivity index (χ0n) is 21.0. The van der Waals surface area contributed by atoms with Gasteiger partial charge in [-0.15, -0.1) is 0 Å². The minimum atomic E-state index is -0.343. The standard InChI is InChI=1S/C20H21N5O2.C9H16.H2/c26-18-11-21-10-16(23-18)19-20(27)25(17-7-2-1-6-15(17)24-19)14-8-12-4-3-5-13(9-14)22-12;1-3-8-5-2-6-9(4-1)7-8;/h1-2,6-7,10-14,22H,3-5,8-9H2,(H,23,26);8-9H,1-7H2;1H/t12-,13+,14?;;. The number of rotatable bonds is 2. The second kappa shape index (κ2) is 10.3. The highest BCUT2D eigenvalue weighted by atomic mass is 16.1. The third-order valence-corrected chi connectivity index (χ3v) is 8.87. The zero-order valence-corrected chi connectivity index (χ0v) is 21.0. The summed E-state index contributed by atoms with van der Waals surface area (Å²) in [6, 6.07) is 8.77. The quantitative estimate of drug-likeness (QED) is 0.515. The van der Waals surface area contributed by atoms with Crippen LogP contribution in [0.2, 0.25) is 0 Å². The first-order valence-corrected chi connectivity index (χ1v) is 14.0. The molecule has 4 aliphatic rings. The van der Waals surface area contributed by atoms with Gasteiger partial charge in [0.25, 0.3) is 11.1 Å². The molecule has 2 saturated heterocycles. The van der Waals surface area contributed by atoms with Gasteiger partial charge in [0.1, 0.15) is 0 Å². The Balaban J connectivity index is 0.000000236. The van der Waals surface area contributed by atoms with Gasteiger partial charge in [-0.2, -0.15) is 0 Å². The van der Waals surface area contributed by atoms with Crippen molar-refractivity contribution >= 4 is 11.0 Å². The first-order chi connectivity index (χ1) is 17.6. The molecule has 3 atom stereocenters. The monoisotopic (exact) mass is 489 g/mol. The Morgan fingerprint density at radius 2 is 1.50 bits per heavy atom. The number of hydrogen-bond acceptors (Lipinski definition) is 5. The summed E-state index contributed by atoms with van der Waals surface area (Å²) in [5, 5.41) is 3.69. The van der Waals surface area contributed by atoms with Crippen LogP contribution in [0.4, 0.5) is 0 Å². The molecule has 7 heteroatoms. The Bertz CT molecular complexity index is 1310. The minimum Gasteiger partial charge on any atom is -0.318 e. The van der Waals surface area contributed by atoms with E-state index in [2.05, 4.69) is 20.3 Å². The second-order valence-corrected chi connectivity index (χ2v) is 11.4. The van der Waals surface area contributed by atoms with Crippen LogP contribution >= 0.6 is 0 Å². The number of nitrogens with one attached hydrogen (secondary N) is 2. The number of fused-ring (bicyclic) bond motifs is 5. The van der Waals surface area contributed by atoms with Crippen LogP contribution in [0.3, 0.4) is 0 Å². The molecule has 2 aliphatic carbocycles. The van der Waals surface area contributed by atoms with Crippen molar-refractivity contribution in [3.05, 3.63) is 57.4 Å². The van der Waals surface area contributed by atoms with Gasteiger partial charge in [0.15, 0.2) is 5.69 Å². The first-order valence-electron chi connectivity index (χ1n) is 14.0. The van der Waals surface area contributed by atoms with Crippen LogP contribution in [0, 0.1) is 11.8 Å². The van der Waals surface area contributed by atoms with Gasteiger partial charge in [-0.1, -0.05) is 57.1 Å². The van der Waals surface area contributed by atoms with Crippen LogP contribution in [0.5, 0.6) is 0 Å². The van der Waals surface area contributed by atoms with E-state index >= 15 is 0 Å². The van der Waals surface area contributed by atoms with E-state index in [4.69, 9.17) is 0 Å². The fraction of sp³-hybridized carbons (Fsp3) is 0.586. The lowest BCUT2D eigenvalue weighted by Gasteiger charge is -2.41. The van der Waals surface area contributed by atoms with Crippen molar-refractivity contribution in [3.63, 3.8) is 0 Å². The van der Waals surface area contributed by atoms with E-state index in [1.54, 1.807) is 32.1 Å². The van der Waals surface area contributed by atoms with E-state index in [1.165, 1.54) is 31.7 Å². The Morgan fingerprint density at radius 1 is 0.833 bits per heavy atom. The molecule has 4 bridgehead atoms. The van der Waals surface area contributed by atoms with Crippen LogP contribution in [-0.4, -0.2) is 31.6 Å². The fourth-order valence-electron chi connectivity index (χ4n) is 7.26. The molecule has 0 spiro atoms. The van der Waals surface area contributed by atoms with E-state index in [-0.39, 0.29) is 24.3 Å². The van der Waals surface area contributed by atoms with Crippen molar-refractivity contribution in [3.8, 4) is 11.4 Å². The van der Waals surface area contributed by atoms with Crippen molar-refractivity contribution in [2.75, 3.05) is 0 Å². The van der Waals surface area contributed by atoms with Crippen LogP contribution in [-0.2, 0) is 0 Å². The molecule has 2 saturated carbocycles. The lowest BCUT2D eigenvalue weighted by molar-refractivity contribution is 0.189. The second-order valence-electron chi connectivity index (χ2n) is 11.4. The highest BCUT2D eigenvalue weighted by molar-refractivity contribution is 5.77. The molecule has 36 heavy (non-hydrogen) atoms. The average Bonchev–Trinajstić information content (AvgIpc) is 2.88. The Kier molecular flexibility index (Phi) is 6.74. The first kappa shape index (κ1) is 23.6. The lowest BCUT2D eigenvalue weighted by atomic mass is 9.72. The Hall–Kier alpha value is -2.80. The summed E-state index contributed by atoms with van der Waals surface area (Å²) in [7, 11) is 0. The molecule has 2 aliphatic heterocycles. The maximum absolute atomic E-state index is 13.4. The molecule has 0 amide bonds. The highest BCUT2D eigenvalue weighted by Gasteiger charge is 2.33. The minimum absolute atomic E-state index is 0. The van der Waals surface area contributed by atoms with E-state index < -0.39 is 0 Å². The summed E-state index contributed by atoms with van der Waals surface area (Å²) in [5.74, 6) is 2.30. The maximum Gasteiger partial charge on any atom is 0.279 e. The number of H-pyrrole nitrogens is 1. The van der Waals surface area contributed by atoms with E-state index in [0.717, 1.165) is 48.6 Å². The summed E-state index contributed by atoms with van der Waals surface area (Å²) < 4.78 is 1.90. The number of para-hydroxylation sites is 2. The van der Waals surface area contributed by atoms with Crippen molar-refractivity contribution < 1.29 is 1.43 Å². The van der Waals surface area contributed by atoms with Crippen LogP contribution < -0.4 is 16.4 Å². The Labute approximate surface area is 213 Å². The topological polar surface area (TPSA) is 92.7 Å². The van der Waals surface area contributed by atoms with Crippen LogP contribution in [0.1, 0.15) is 84.5 Å². The number of hydrogen-bond donors (Lipinski definition) is 2. The maximum atomic E-state index is 13.4. The van der Waals surface area contributed by atoms with Gasteiger partial charge < -0.3 is 14.9 Å². The number of benzene rings is 1. The predicted molar refractivity (Wildman–Crippen MR) is 144 cm³/mol. The smallest absolute Gasteiger partial charge is 0.279 e. The van der Waals surface area contributed by atoms with Gasteiger partial charge in [0.05, 0.1) is 29.1 Å². The molecule has 7 nitrogen and oxygen atoms in total. The molecule has 2 aromatic heterocycles. The molecular weight excluding hydrogens is 450 g/mol. The van der Waals surface area contributed by atoms with Gasteiger partial charge in [-0.25, -0.2) is 4.98 Å². The van der Waals surface area contributed by atoms with Crippen molar-refractivity contribution in [1.29, 1.82) is 0 Å². The molecule has 7 rings (SSSR count). The predicted octanol–water partition coefficient (Wildman–Crippen LogP) is 5.22. The lowest BCUT2D eigenvalue weighted by Crippen LogP contribution is -2.50. The molecule has 1 unspecified atom stereocenters.